The van der Waals surface area contributed by atoms with Crippen LogP contribution in [-0.4, -0.2) is 5.78 Å². The maximum Gasteiger partial charge on any atom is 0.193 e. The molecule has 4 rings (SSSR count). The van der Waals surface area contributed by atoms with E-state index in [1.165, 1.54) is 10.5 Å². The van der Waals surface area contributed by atoms with Crippen LogP contribution in [0, 0.1) is 11.8 Å². The first-order valence-electron chi connectivity index (χ1n) is 9.76. The first kappa shape index (κ1) is 19.8. The summed E-state index contributed by atoms with van der Waals surface area (Å²) in [6.45, 7) is 0. The predicted octanol–water partition coefficient (Wildman–Crippen LogP) is 6.61. The third-order valence-electron chi connectivity index (χ3n) is 4.64. The quantitative estimate of drug-likeness (QED) is 0.211. The van der Waals surface area contributed by atoms with Gasteiger partial charge in [-0.2, -0.15) is 0 Å². The van der Waals surface area contributed by atoms with Gasteiger partial charge in [-0.05, 0) is 54.1 Å². The molecule has 0 unspecified atom stereocenters. The van der Waals surface area contributed by atoms with Crippen LogP contribution in [-0.2, 0) is 5.75 Å². The Bertz CT molecular complexity index is 1170. The molecule has 0 fully saturated rings. The first-order valence-corrected chi connectivity index (χ1v) is 10.8. The third-order valence-corrected chi connectivity index (χ3v) is 5.72. The van der Waals surface area contributed by atoms with Gasteiger partial charge in [0.15, 0.2) is 5.78 Å². The van der Waals surface area contributed by atoms with E-state index in [-0.39, 0.29) is 5.78 Å². The summed E-state index contributed by atoms with van der Waals surface area (Å²) in [5.74, 6) is 7.34. The van der Waals surface area contributed by atoms with Crippen LogP contribution in [0.5, 0.6) is 0 Å². The fourth-order valence-electron chi connectivity index (χ4n) is 2.97. The molecule has 2 heteroatoms. The lowest BCUT2D eigenvalue weighted by Gasteiger charge is -2.02. The van der Waals surface area contributed by atoms with Gasteiger partial charge in [0.2, 0.25) is 0 Å². The summed E-state index contributed by atoms with van der Waals surface area (Å²) >= 11 is 1.83. The Morgan fingerprint density at radius 2 is 1.10 bits per heavy atom. The van der Waals surface area contributed by atoms with Crippen molar-refractivity contribution in [2.75, 3.05) is 0 Å². The van der Waals surface area contributed by atoms with E-state index in [0.29, 0.717) is 11.1 Å². The van der Waals surface area contributed by atoms with Crippen LogP contribution in [0.25, 0.3) is 0 Å². The zero-order valence-electron chi connectivity index (χ0n) is 16.4. The molecule has 0 aliphatic carbocycles. The van der Waals surface area contributed by atoms with E-state index in [4.69, 9.17) is 0 Å². The molecule has 0 N–H and O–H groups in total. The first-order chi connectivity index (χ1) is 14.8. The molecule has 0 aliphatic heterocycles. The minimum absolute atomic E-state index is 0.0269. The van der Waals surface area contributed by atoms with Crippen LogP contribution in [0.1, 0.15) is 32.6 Å². The Kier molecular flexibility index (Phi) is 6.44. The Morgan fingerprint density at radius 1 is 0.600 bits per heavy atom. The summed E-state index contributed by atoms with van der Waals surface area (Å²) in [6, 6.07) is 35.6. The zero-order valence-corrected chi connectivity index (χ0v) is 17.2. The SMILES string of the molecule is O=C(c1ccccc1)c1ccc(C#Cc2ccc(CSc3ccccc3)cc2)cc1. The second-order valence-corrected chi connectivity index (χ2v) is 7.87. The molecule has 0 amide bonds. The highest BCUT2D eigenvalue weighted by Crippen LogP contribution is 2.22. The van der Waals surface area contributed by atoms with Crippen molar-refractivity contribution < 1.29 is 4.79 Å². The van der Waals surface area contributed by atoms with Gasteiger partial charge in [0.1, 0.15) is 0 Å². The lowest BCUT2D eigenvalue weighted by atomic mass is 10.0. The van der Waals surface area contributed by atoms with E-state index in [2.05, 4.69) is 60.4 Å². The van der Waals surface area contributed by atoms with Gasteiger partial charge in [-0.25, -0.2) is 0 Å². The molecule has 30 heavy (non-hydrogen) atoms. The Balaban J connectivity index is 1.38. The van der Waals surface area contributed by atoms with Crippen LogP contribution in [0.15, 0.2) is 114 Å². The van der Waals surface area contributed by atoms with Crippen molar-refractivity contribution in [2.24, 2.45) is 0 Å². The van der Waals surface area contributed by atoms with Gasteiger partial charge in [0.25, 0.3) is 0 Å². The average Bonchev–Trinajstić information content (AvgIpc) is 2.83. The molecule has 144 valence electrons. The molecule has 0 radical (unpaired) electrons. The molecule has 0 saturated carbocycles. The van der Waals surface area contributed by atoms with Crippen molar-refractivity contribution in [3.8, 4) is 11.8 Å². The monoisotopic (exact) mass is 404 g/mol. The normalized spacial score (nSPS) is 10.1. The molecule has 0 atom stereocenters. The van der Waals surface area contributed by atoms with Crippen LogP contribution in [0.2, 0.25) is 0 Å². The number of thioether (sulfide) groups is 1. The number of ketones is 1. The topological polar surface area (TPSA) is 17.1 Å². The summed E-state index contributed by atoms with van der Waals surface area (Å²) in [7, 11) is 0. The lowest BCUT2D eigenvalue weighted by Crippen LogP contribution is -2.00. The summed E-state index contributed by atoms with van der Waals surface area (Å²) in [4.78, 5) is 13.7. The van der Waals surface area contributed by atoms with E-state index in [0.717, 1.165) is 16.9 Å². The molecule has 4 aromatic carbocycles. The largest absolute Gasteiger partial charge is 0.289 e. The highest BCUT2D eigenvalue weighted by atomic mass is 32.2. The molecule has 0 bridgehead atoms. The van der Waals surface area contributed by atoms with E-state index >= 15 is 0 Å². The number of hydrogen-bond donors (Lipinski definition) is 0. The fourth-order valence-corrected chi connectivity index (χ4v) is 3.85. The molecule has 0 heterocycles. The van der Waals surface area contributed by atoms with E-state index in [1.54, 1.807) is 0 Å². The van der Waals surface area contributed by atoms with Gasteiger partial charge in [0.05, 0.1) is 0 Å². The van der Waals surface area contributed by atoms with Crippen molar-refractivity contribution in [3.05, 3.63) is 137 Å². The van der Waals surface area contributed by atoms with Crippen molar-refractivity contribution in [2.45, 2.75) is 10.6 Å². The van der Waals surface area contributed by atoms with E-state index in [9.17, 15) is 4.79 Å². The van der Waals surface area contributed by atoms with Gasteiger partial charge in [-0.1, -0.05) is 72.5 Å². The molecular weight excluding hydrogens is 384 g/mol. The maximum absolute atomic E-state index is 12.5. The summed E-state index contributed by atoms with van der Waals surface area (Å²) in [5, 5.41) is 0. The molecule has 1 nitrogen and oxygen atoms in total. The van der Waals surface area contributed by atoms with Gasteiger partial charge in [-0.3, -0.25) is 4.79 Å². The number of carbonyl (C=O) groups is 1. The Hall–Kier alpha value is -3.54. The van der Waals surface area contributed by atoms with Crippen LogP contribution < -0.4 is 0 Å². The lowest BCUT2D eigenvalue weighted by molar-refractivity contribution is 0.103. The van der Waals surface area contributed by atoms with Crippen molar-refractivity contribution in [1.29, 1.82) is 0 Å². The summed E-state index contributed by atoms with van der Waals surface area (Å²) < 4.78 is 0. The van der Waals surface area contributed by atoms with Crippen LogP contribution >= 0.6 is 11.8 Å². The maximum atomic E-state index is 12.5. The van der Waals surface area contributed by atoms with Gasteiger partial charge < -0.3 is 0 Å². The molecule has 0 aliphatic rings. The second-order valence-electron chi connectivity index (χ2n) is 6.82. The zero-order chi connectivity index (χ0) is 20.6. The smallest absolute Gasteiger partial charge is 0.193 e. The number of rotatable bonds is 5. The minimum atomic E-state index is 0.0269. The molecule has 0 spiro atoms. The average molecular weight is 405 g/mol. The van der Waals surface area contributed by atoms with Crippen LogP contribution in [0.3, 0.4) is 0 Å². The molecule has 4 aromatic rings. The predicted molar refractivity (Wildman–Crippen MR) is 125 cm³/mol. The van der Waals surface area contributed by atoms with Crippen molar-refractivity contribution in [3.63, 3.8) is 0 Å². The highest BCUT2D eigenvalue weighted by molar-refractivity contribution is 7.98. The van der Waals surface area contributed by atoms with Gasteiger partial charge in [0, 0.05) is 32.9 Å². The summed E-state index contributed by atoms with van der Waals surface area (Å²) in [5.41, 5.74) is 4.52. The van der Waals surface area contributed by atoms with Gasteiger partial charge >= 0.3 is 0 Å². The molecule has 0 aromatic heterocycles. The molecule has 0 saturated heterocycles. The van der Waals surface area contributed by atoms with Crippen molar-refractivity contribution in [1.82, 2.24) is 0 Å². The van der Waals surface area contributed by atoms with Crippen molar-refractivity contribution >= 4 is 17.5 Å². The van der Waals surface area contributed by atoms with Crippen LogP contribution in [0.4, 0.5) is 0 Å². The number of hydrogen-bond acceptors (Lipinski definition) is 2. The minimum Gasteiger partial charge on any atom is -0.289 e. The van der Waals surface area contributed by atoms with Gasteiger partial charge in [-0.15, -0.1) is 11.8 Å². The third kappa shape index (κ3) is 5.29. The molecular formula is C28H20OS. The fraction of sp³-hybridized carbons (Fsp3) is 0.0357. The highest BCUT2D eigenvalue weighted by Gasteiger charge is 2.07. The Labute approximate surface area is 181 Å². The number of benzene rings is 4. The summed E-state index contributed by atoms with van der Waals surface area (Å²) in [6.07, 6.45) is 0. The Morgan fingerprint density at radius 3 is 1.70 bits per heavy atom. The van der Waals surface area contributed by atoms with E-state index < -0.39 is 0 Å². The number of carbonyl (C=O) groups excluding carboxylic acids is 1. The standard InChI is InChI=1S/C28H20OS/c29-28(25-7-3-1-4-8-25)26-19-17-23(18-20-26)12-11-22-13-15-24(16-14-22)21-30-27-9-5-2-6-10-27/h1-10,13-20H,21H2. The van der Waals surface area contributed by atoms with E-state index in [1.807, 2.05) is 72.4 Å². The second kappa shape index (κ2) is 9.78.